The van der Waals surface area contributed by atoms with Crippen molar-refractivity contribution in [2.45, 2.75) is 0 Å². The lowest BCUT2D eigenvalue weighted by molar-refractivity contribution is 1.18. The number of halogens is 1. The molecule has 13 heavy (non-hydrogen) atoms. The molecule has 0 saturated heterocycles. The summed E-state index contributed by atoms with van der Waals surface area (Å²) in [5.74, 6) is 5.66. The van der Waals surface area contributed by atoms with Crippen molar-refractivity contribution < 1.29 is 0 Å². The lowest BCUT2D eigenvalue weighted by Crippen LogP contribution is -2.10. The summed E-state index contributed by atoms with van der Waals surface area (Å²) in [7, 11) is 0. The Morgan fingerprint density at radius 3 is 2.77 bits per heavy atom. The number of hydrogen-bond donors (Lipinski definition) is 4. The zero-order chi connectivity index (χ0) is 9.42. The fourth-order valence-corrected chi connectivity index (χ4v) is 1.16. The van der Waals surface area contributed by atoms with Crippen LogP contribution in [0.15, 0.2) is 0 Å². The van der Waals surface area contributed by atoms with E-state index in [0.29, 0.717) is 17.0 Å². The maximum Gasteiger partial charge on any atom is 0.224 e. The molecule has 0 amide bonds. The van der Waals surface area contributed by atoms with Gasteiger partial charge in [0.25, 0.3) is 0 Å². The minimum atomic E-state index is 0.0867. The predicted octanol–water partition coefficient (Wildman–Crippen LogP) is -0.126. The van der Waals surface area contributed by atoms with Crippen LogP contribution in [-0.4, -0.2) is 19.9 Å². The lowest BCUT2D eigenvalue weighted by atomic mass is 10.5. The minimum absolute atomic E-state index is 0.0867. The molecule has 0 aliphatic carbocycles. The van der Waals surface area contributed by atoms with Crippen molar-refractivity contribution in [2.24, 2.45) is 5.84 Å². The van der Waals surface area contributed by atoms with Crippen LogP contribution in [0.3, 0.4) is 0 Å². The number of hydrogen-bond acceptors (Lipinski definition) is 6. The molecule has 0 unspecified atom stereocenters. The molecule has 8 heteroatoms. The Balaban J connectivity index is 2.80. The van der Waals surface area contributed by atoms with Gasteiger partial charge in [0.2, 0.25) is 11.2 Å². The van der Waals surface area contributed by atoms with Gasteiger partial charge in [-0.25, -0.2) is 5.84 Å². The quantitative estimate of drug-likeness (QED) is 0.289. The molecule has 2 aromatic rings. The molecule has 0 aliphatic heterocycles. The molecule has 0 fully saturated rings. The highest BCUT2D eigenvalue weighted by molar-refractivity contribution is 6.29. The van der Waals surface area contributed by atoms with E-state index in [0.717, 1.165) is 0 Å². The second-order valence-electron chi connectivity index (χ2n) is 2.30. The van der Waals surface area contributed by atoms with Crippen LogP contribution < -0.4 is 17.0 Å². The number of rotatable bonds is 1. The summed E-state index contributed by atoms with van der Waals surface area (Å²) in [6, 6.07) is 0. The van der Waals surface area contributed by atoms with Crippen molar-refractivity contribution in [1.29, 1.82) is 0 Å². The maximum atomic E-state index is 5.62. The first-order valence-electron chi connectivity index (χ1n) is 3.36. The number of nitrogen functional groups attached to an aromatic ring is 2. The summed E-state index contributed by atoms with van der Waals surface area (Å²) in [6.07, 6.45) is 0. The molecular formula is C5H6ClN7. The monoisotopic (exact) mass is 199 g/mol. The lowest BCUT2D eigenvalue weighted by Gasteiger charge is -1.99. The Bertz CT molecular complexity index is 449. The molecule has 0 aromatic carbocycles. The van der Waals surface area contributed by atoms with Crippen molar-refractivity contribution in [3.8, 4) is 0 Å². The van der Waals surface area contributed by atoms with E-state index in [1.807, 2.05) is 0 Å². The van der Waals surface area contributed by atoms with Crippen LogP contribution in [0.4, 0.5) is 11.8 Å². The number of anilines is 2. The van der Waals surface area contributed by atoms with Crippen LogP contribution in [-0.2, 0) is 0 Å². The maximum absolute atomic E-state index is 5.62. The van der Waals surface area contributed by atoms with Gasteiger partial charge in [-0.2, -0.15) is 15.0 Å². The van der Waals surface area contributed by atoms with E-state index in [-0.39, 0.29) is 11.2 Å². The van der Waals surface area contributed by atoms with Crippen LogP contribution in [0.2, 0.25) is 5.28 Å². The Labute approximate surface area is 77.5 Å². The predicted molar refractivity (Wildman–Crippen MR) is 48.9 cm³/mol. The molecule has 2 rings (SSSR count). The van der Waals surface area contributed by atoms with E-state index >= 15 is 0 Å². The first-order chi connectivity index (χ1) is 6.20. The van der Waals surface area contributed by atoms with Gasteiger partial charge >= 0.3 is 0 Å². The van der Waals surface area contributed by atoms with Crippen molar-refractivity contribution in [1.82, 2.24) is 19.9 Å². The number of imidazole rings is 1. The molecule has 0 radical (unpaired) electrons. The Hall–Kier alpha value is -1.60. The van der Waals surface area contributed by atoms with Gasteiger partial charge in [-0.1, -0.05) is 0 Å². The van der Waals surface area contributed by atoms with E-state index in [9.17, 15) is 0 Å². The van der Waals surface area contributed by atoms with Gasteiger partial charge in [0, 0.05) is 0 Å². The van der Waals surface area contributed by atoms with Crippen molar-refractivity contribution in [2.75, 3.05) is 11.2 Å². The third kappa shape index (κ3) is 1.23. The van der Waals surface area contributed by atoms with Gasteiger partial charge in [0.05, 0.1) is 0 Å². The van der Waals surface area contributed by atoms with Gasteiger partial charge < -0.3 is 16.1 Å². The fraction of sp³-hybridized carbons (Fsp3) is 0. The van der Waals surface area contributed by atoms with E-state index < -0.39 is 0 Å². The molecule has 7 nitrogen and oxygen atoms in total. The Morgan fingerprint density at radius 2 is 2.08 bits per heavy atom. The van der Waals surface area contributed by atoms with Gasteiger partial charge in [-0.05, 0) is 11.6 Å². The molecule has 68 valence electrons. The van der Waals surface area contributed by atoms with Crippen molar-refractivity contribution in [3.05, 3.63) is 5.28 Å². The summed E-state index contributed by atoms with van der Waals surface area (Å²) >= 11 is 5.62. The number of aromatic nitrogens is 4. The number of hydrazine groups is 1. The van der Waals surface area contributed by atoms with Crippen molar-refractivity contribution >= 4 is 34.5 Å². The average Bonchev–Trinajstić information content (AvgIpc) is 2.43. The summed E-state index contributed by atoms with van der Waals surface area (Å²) in [4.78, 5) is 14.3. The zero-order valence-electron chi connectivity index (χ0n) is 6.37. The van der Waals surface area contributed by atoms with Crippen LogP contribution in [0, 0.1) is 0 Å². The highest BCUT2D eigenvalue weighted by Crippen LogP contribution is 2.19. The van der Waals surface area contributed by atoms with Gasteiger partial charge in [0.15, 0.2) is 11.5 Å². The molecule has 2 heterocycles. The summed E-state index contributed by atoms with van der Waals surface area (Å²) in [5.41, 5.74) is 8.67. The van der Waals surface area contributed by atoms with Crippen molar-refractivity contribution in [3.63, 3.8) is 0 Å². The second kappa shape index (κ2) is 2.71. The zero-order valence-corrected chi connectivity index (χ0v) is 7.13. The van der Waals surface area contributed by atoms with Crippen LogP contribution in [0.5, 0.6) is 0 Å². The van der Waals surface area contributed by atoms with E-state index in [4.69, 9.17) is 23.2 Å². The summed E-state index contributed by atoms with van der Waals surface area (Å²) in [6.45, 7) is 0. The van der Waals surface area contributed by atoms with Gasteiger partial charge in [-0.3, -0.25) is 0 Å². The highest BCUT2D eigenvalue weighted by Gasteiger charge is 2.09. The summed E-state index contributed by atoms with van der Waals surface area (Å²) in [5, 5.41) is 0.214. The molecule has 6 N–H and O–H groups in total. The van der Waals surface area contributed by atoms with Gasteiger partial charge in [0.1, 0.15) is 5.52 Å². The van der Waals surface area contributed by atoms with Crippen LogP contribution in [0.25, 0.3) is 11.2 Å². The molecule has 0 atom stereocenters. The number of nitrogens with one attached hydrogen (secondary N) is 2. The molecule has 0 bridgehead atoms. The molecular weight excluding hydrogens is 194 g/mol. The van der Waals surface area contributed by atoms with Gasteiger partial charge in [-0.15, -0.1) is 0 Å². The van der Waals surface area contributed by atoms with E-state index in [1.54, 1.807) is 0 Å². The largest absolute Gasteiger partial charge is 0.368 e. The highest BCUT2D eigenvalue weighted by atomic mass is 35.5. The normalized spacial score (nSPS) is 10.6. The number of H-pyrrole nitrogens is 1. The van der Waals surface area contributed by atoms with Crippen LogP contribution >= 0.6 is 11.6 Å². The fourth-order valence-electron chi connectivity index (χ4n) is 0.990. The SMILES string of the molecule is NNc1nc(N)nc2nc(Cl)[nH]c12. The third-order valence-electron chi connectivity index (χ3n) is 1.48. The standard InChI is InChI=1S/C5H6ClN7/c6-4-9-1-2(10-4)11-5(7)12-3(1)13-8/h8H2,(H4,7,9,10,11,12,13). The molecule has 2 aromatic heterocycles. The van der Waals surface area contributed by atoms with E-state index in [1.165, 1.54) is 0 Å². The smallest absolute Gasteiger partial charge is 0.224 e. The number of nitrogens with two attached hydrogens (primary N) is 2. The first-order valence-corrected chi connectivity index (χ1v) is 3.74. The van der Waals surface area contributed by atoms with Crippen LogP contribution in [0.1, 0.15) is 0 Å². The summed E-state index contributed by atoms with van der Waals surface area (Å²) < 4.78 is 0. The Morgan fingerprint density at radius 1 is 1.31 bits per heavy atom. The Kier molecular flexibility index (Phi) is 1.67. The van der Waals surface area contributed by atoms with E-state index in [2.05, 4.69) is 25.4 Å². The topological polar surface area (TPSA) is 119 Å². The molecule has 0 aliphatic rings. The number of fused-ring (bicyclic) bond motifs is 1. The second-order valence-corrected chi connectivity index (χ2v) is 2.66. The third-order valence-corrected chi connectivity index (χ3v) is 1.66. The first kappa shape index (κ1) is 8.02. The average molecular weight is 200 g/mol. The minimum Gasteiger partial charge on any atom is -0.368 e. The number of aromatic amines is 1. The molecule has 0 spiro atoms. The number of nitrogens with zero attached hydrogens (tertiary/aromatic N) is 3. The molecule has 0 saturated carbocycles.